The molecule has 19 heteroatoms. The molecule has 2 aromatic heterocycles. The lowest BCUT2D eigenvalue weighted by atomic mass is 9.84. The number of nitrogens with one attached hydrogen (secondary N) is 2. The number of carbonyl (C=O) groups excluding carboxylic acids is 2. The number of carboxylic acid groups (broad SMARTS) is 1. The fourth-order valence-electron chi connectivity index (χ4n) is 4.55. The van der Waals surface area contributed by atoms with Gasteiger partial charge in [-0.05, 0) is 13.0 Å². The van der Waals surface area contributed by atoms with Crippen LogP contribution in [0.1, 0.15) is 37.1 Å². The Morgan fingerprint density at radius 1 is 1.38 bits per heavy atom. The summed E-state index contributed by atoms with van der Waals surface area (Å²) in [6, 6.07) is -0.881. The van der Waals surface area contributed by atoms with E-state index in [1.807, 2.05) is 0 Å². The van der Waals surface area contributed by atoms with Crippen molar-refractivity contribution in [1.29, 1.82) is 0 Å². The Morgan fingerprint density at radius 3 is 2.75 bits per heavy atom. The van der Waals surface area contributed by atoms with Crippen LogP contribution in [0.3, 0.4) is 0 Å². The number of anilines is 1. The van der Waals surface area contributed by atoms with E-state index in [1.165, 1.54) is 16.4 Å². The molecule has 0 aromatic carbocycles. The van der Waals surface area contributed by atoms with Crippen molar-refractivity contribution < 1.29 is 37.3 Å². The minimum absolute atomic E-state index is 0.0204. The van der Waals surface area contributed by atoms with Crippen molar-refractivity contribution in [3.8, 4) is 0 Å². The molecule has 0 spiro atoms. The first-order chi connectivity index (χ1) is 19.0. The maximum absolute atomic E-state index is 13.3. The van der Waals surface area contributed by atoms with Crippen LogP contribution >= 0.6 is 11.3 Å². The largest absolute Gasteiger partial charge is 0.478 e. The molecule has 2 aromatic rings. The zero-order valence-corrected chi connectivity index (χ0v) is 22.6. The number of nitrogens with two attached hydrogens (primary N) is 1. The van der Waals surface area contributed by atoms with Gasteiger partial charge >= 0.3 is 16.3 Å². The molecule has 1 amide bonds. The van der Waals surface area contributed by atoms with Crippen molar-refractivity contribution in [1.82, 2.24) is 34.9 Å². The van der Waals surface area contributed by atoms with Crippen LogP contribution in [0.15, 0.2) is 16.7 Å². The molecule has 2 aliphatic heterocycles. The molecular formula is C21H27N9O8S2. The first-order valence-corrected chi connectivity index (χ1v) is 14.6. The number of nitrogen functional groups attached to an aromatic ring is 1. The fraction of sp³-hybridized carbons (Fsp3) is 0.571. The summed E-state index contributed by atoms with van der Waals surface area (Å²) < 4.78 is 33.8. The molecule has 3 aliphatic rings. The second kappa shape index (κ2) is 10.8. The molecule has 1 saturated carbocycles. The van der Waals surface area contributed by atoms with Crippen molar-refractivity contribution >= 4 is 50.1 Å². The van der Waals surface area contributed by atoms with Crippen LogP contribution in [-0.2, 0) is 42.6 Å². The molecule has 5 rings (SSSR count). The number of carboxylic acids is 1. The van der Waals surface area contributed by atoms with Gasteiger partial charge in [-0.2, -0.15) is 23.4 Å². The number of thiazole rings is 1. The molecule has 216 valence electrons. The second-order valence-corrected chi connectivity index (χ2v) is 12.0. The molecular weight excluding hydrogens is 570 g/mol. The van der Waals surface area contributed by atoms with Crippen LogP contribution in [0.5, 0.6) is 0 Å². The normalized spacial score (nSPS) is 24.1. The fourth-order valence-corrected chi connectivity index (χ4v) is 6.02. The Kier molecular flexibility index (Phi) is 7.57. The van der Waals surface area contributed by atoms with Gasteiger partial charge < -0.3 is 26.3 Å². The first-order valence-electron chi connectivity index (χ1n) is 12.3. The minimum atomic E-state index is -4.93. The second-order valence-electron chi connectivity index (χ2n) is 9.78. The maximum atomic E-state index is 13.3. The first kappa shape index (κ1) is 28.0. The van der Waals surface area contributed by atoms with Gasteiger partial charge in [0.2, 0.25) is 11.5 Å². The lowest BCUT2D eigenvalue weighted by Gasteiger charge is -2.43. The number of amides is 1. The third kappa shape index (κ3) is 5.82. The topological polar surface area (TPSA) is 244 Å². The van der Waals surface area contributed by atoms with E-state index in [1.54, 1.807) is 0 Å². The van der Waals surface area contributed by atoms with Gasteiger partial charge in [-0.25, -0.2) is 14.1 Å². The third-order valence-corrected chi connectivity index (χ3v) is 8.58. The standard InChI is InChI=1S/C21H27N9O8S2/c22-20-26-14(10-39-20)17(28-38-21(2-3-21)19(33)34)16(31)5-13-15(30(18(13)32)40(35,36)37)9-29-25-8-12(27-29)7-24-11-1-4-23-6-11/h8,10-11,13,15,23-24H,1-7,9H2,(H2,22,26)(H,33,34)(H,35,36,37)/b28-17-/t11-,13+,15-/m1/s1. The van der Waals surface area contributed by atoms with Gasteiger partial charge in [0.05, 0.1) is 30.4 Å². The number of oxime groups is 1. The molecule has 1 aliphatic carbocycles. The summed E-state index contributed by atoms with van der Waals surface area (Å²) in [7, 11) is -4.93. The highest BCUT2D eigenvalue weighted by molar-refractivity contribution is 7.84. The smallest absolute Gasteiger partial charge is 0.362 e. The Labute approximate surface area is 231 Å². The van der Waals surface area contributed by atoms with Crippen LogP contribution in [-0.4, -0.2) is 96.5 Å². The predicted molar refractivity (Wildman–Crippen MR) is 137 cm³/mol. The average Bonchev–Trinajstić information content (AvgIpc) is 3.22. The van der Waals surface area contributed by atoms with Gasteiger partial charge in [-0.3, -0.25) is 14.1 Å². The average molecular weight is 598 g/mol. The highest BCUT2D eigenvalue weighted by Gasteiger charge is 2.56. The summed E-state index contributed by atoms with van der Waals surface area (Å²) in [5, 5.41) is 29.7. The van der Waals surface area contributed by atoms with E-state index in [0.717, 1.165) is 30.8 Å². The van der Waals surface area contributed by atoms with E-state index in [2.05, 4.69) is 31.0 Å². The zero-order chi connectivity index (χ0) is 28.7. The maximum Gasteiger partial charge on any atom is 0.362 e. The van der Waals surface area contributed by atoms with Crippen molar-refractivity contribution in [2.24, 2.45) is 11.1 Å². The van der Waals surface area contributed by atoms with E-state index in [0.29, 0.717) is 12.2 Å². The predicted octanol–water partition coefficient (Wildman–Crippen LogP) is -1.60. The van der Waals surface area contributed by atoms with Crippen LogP contribution < -0.4 is 16.4 Å². The molecule has 0 bridgehead atoms. The van der Waals surface area contributed by atoms with Gasteiger partial charge in [0.1, 0.15) is 5.69 Å². The number of hydrogen-bond acceptors (Lipinski definition) is 14. The zero-order valence-electron chi connectivity index (χ0n) is 21.0. The van der Waals surface area contributed by atoms with Crippen molar-refractivity contribution in [2.75, 3.05) is 18.8 Å². The Bertz CT molecular complexity index is 1450. The summed E-state index contributed by atoms with van der Waals surface area (Å²) >= 11 is 1.01. The monoisotopic (exact) mass is 597 g/mol. The van der Waals surface area contributed by atoms with Crippen LogP contribution in [0.4, 0.5) is 5.13 Å². The molecule has 6 N–H and O–H groups in total. The van der Waals surface area contributed by atoms with Crippen LogP contribution in [0.2, 0.25) is 0 Å². The highest BCUT2D eigenvalue weighted by Crippen LogP contribution is 2.40. The van der Waals surface area contributed by atoms with Crippen LogP contribution in [0, 0.1) is 5.92 Å². The number of Topliss-reactive ketones (excluding diaryl/α,β-unsaturated/α-hetero) is 1. The van der Waals surface area contributed by atoms with Gasteiger partial charge in [0.25, 0.3) is 0 Å². The van der Waals surface area contributed by atoms with Crippen molar-refractivity contribution in [2.45, 2.75) is 56.5 Å². The number of aromatic nitrogens is 4. The number of rotatable bonds is 13. The number of β-lactam (4-membered cyclic amide) rings is 1. The van der Waals surface area contributed by atoms with E-state index >= 15 is 0 Å². The summed E-state index contributed by atoms with van der Waals surface area (Å²) in [5.74, 6) is -4.17. The molecule has 3 atom stereocenters. The lowest BCUT2D eigenvalue weighted by Crippen LogP contribution is -2.64. The molecule has 2 saturated heterocycles. The Balaban J connectivity index is 1.32. The van der Waals surface area contributed by atoms with E-state index < -0.39 is 51.9 Å². The molecule has 17 nitrogen and oxygen atoms in total. The SMILES string of the molecule is Nc1nc(/C(=N/OC2(C(=O)O)CC2)C(=O)C[C@@H]2C(=O)N(S(=O)(=O)O)[C@@H]2Cn2ncc(CN[C@@H]3CCNC3)n2)cs1. The van der Waals surface area contributed by atoms with Crippen LogP contribution in [0.25, 0.3) is 0 Å². The molecule has 40 heavy (non-hydrogen) atoms. The van der Waals surface area contributed by atoms with Gasteiger partial charge in [0, 0.05) is 43.8 Å². The van der Waals surface area contributed by atoms with Gasteiger partial charge in [0.15, 0.2) is 16.6 Å². The molecule has 0 radical (unpaired) electrons. The summed E-state index contributed by atoms with van der Waals surface area (Å²) in [4.78, 5) is 47.9. The number of hydrogen-bond donors (Lipinski definition) is 5. The summed E-state index contributed by atoms with van der Waals surface area (Å²) in [6.07, 6.45) is 2.34. The summed E-state index contributed by atoms with van der Waals surface area (Å²) in [6.45, 7) is 1.95. The lowest BCUT2D eigenvalue weighted by molar-refractivity contribution is -0.153. The van der Waals surface area contributed by atoms with Crippen molar-refractivity contribution in [3.05, 3.63) is 23.0 Å². The number of nitrogens with zero attached hydrogens (tertiary/aromatic N) is 6. The quantitative estimate of drug-likeness (QED) is 0.0755. The highest BCUT2D eigenvalue weighted by atomic mass is 32.2. The van der Waals surface area contributed by atoms with Gasteiger partial charge in [-0.15, -0.1) is 11.3 Å². The Hall–Kier alpha value is -3.52. The number of aliphatic carboxylic acids is 1. The molecule has 0 unspecified atom stereocenters. The molecule has 3 fully saturated rings. The molecule has 4 heterocycles. The minimum Gasteiger partial charge on any atom is -0.478 e. The third-order valence-electron chi connectivity index (χ3n) is 6.95. The van der Waals surface area contributed by atoms with Crippen molar-refractivity contribution in [3.63, 3.8) is 0 Å². The number of carbonyl (C=O) groups is 3. The van der Waals surface area contributed by atoms with E-state index in [-0.39, 0.29) is 46.3 Å². The van der Waals surface area contributed by atoms with Gasteiger partial charge in [-0.1, -0.05) is 5.16 Å². The van der Waals surface area contributed by atoms with E-state index in [4.69, 9.17) is 10.6 Å². The number of ketones is 1. The van der Waals surface area contributed by atoms with E-state index in [9.17, 15) is 32.5 Å². The summed E-state index contributed by atoms with van der Waals surface area (Å²) in [5.41, 5.74) is 4.38. The Morgan fingerprint density at radius 2 is 2.15 bits per heavy atom.